The maximum Gasteiger partial charge on any atom is 0.0140 e. The fourth-order valence-corrected chi connectivity index (χ4v) is 2.31. The van der Waals surface area contributed by atoms with Gasteiger partial charge in [-0.05, 0) is 43.4 Å². The molecule has 0 bridgehead atoms. The van der Waals surface area contributed by atoms with Crippen molar-refractivity contribution in [1.29, 1.82) is 0 Å². The van der Waals surface area contributed by atoms with Gasteiger partial charge < -0.3 is 5.32 Å². The molecule has 0 aliphatic heterocycles. The third kappa shape index (κ3) is 1.46. The first-order valence-corrected chi connectivity index (χ1v) is 5.65. The molecule has 0 saturated heterocycles. The molecule has 74 valence electrons. The molecule has 1 nitrogen and oxygen atoms in total. The van der Waals surface area contributed by atoms with Crippen LogP contribution in [-0.2, 0) is 0 Å². The molecule has 1 aromatic carbocycles. The minimum Gasteiger partial charge on any atom is -0.316 e. The van der Waals surface area contributed by atoms with E-state index in [4.69, 9.17) is 0 Å². The molecule has 1 N–H and O–H groups in total. The molecule has 1 unspecified atom stereocenters. The lowest BCUT2D eigenvalue weighted by atomic mass is 10.1. The summed E-state index contributed by atoms with van der Waals surface area (Å²) < 4.78 is 0. The normalized spacial score (nSPS) is 30.4. The summed E-state index contributed by atoms with van der Waals surface area (Å²) >= 11 is 0. The molecular formula is C13H17N. The van der Waals surface area contributed by atoms with Crippen molar-refractivity contribution in [2.75, 3.05) is 7.05 Å². The SMILES string of the molecule is CN[C@H]1CC1c1ccc(C2CC2)cc1. The lowest BCUT2D eigenvalue weighted by Crippen LogP contribution is -2.10. The predicted molar refractivity (Wildman–Crippen MR) is 58.6 cm³/mol. The van der Waals surface area contributed by atoms with E-state index in [0.29, 0.717) is 0 Å². The smallest absolute Gasteiger partial charge is 0.0140 e. The van der Waals surface area contributed by atoms with Gasteiger partial charge in [0.2, 0.25) is 0 Å². The molecule has 1 aromatic rings. The van der Waals surface area contributed by atoms with Gasteiger partial charge in [-0.1, -0.05) is 24.3 Å². The monoisotopic (exact) mass is 187 g/mol. The standard InChI is InChI=1S/C13H17N/c1-14-13-8-12(13)11-6-4-10(5-7-11)9-2-3-9/h4-7,9,12-14H,2-3,8H2,1H3/t12?,13-/m0/s1. The van der Waals surface area contributed by atoms with E-state index in [2.05, 4.69) is 36.6 Å². The lowest BCUT2D eigenvalue weighted by molar-refractivity contribution is 0.783. The van der Waals surface area contributed by atoms with E-state index in [9.17, 15) is 0 Å². The molecule has 0 spiro atoms. The van der Waals surface area contributed by atoms with Crippen LogP contribution in [0.3, 0.4) is 0 Å². The average molecular weight is 187 g/mol. The minimum atomic E-state index is 0.738. The van der Waals surface area contributed by atoms with Crippen LogP contribution in [-0.4, -0.2) is 13.1 Å². The van der Waals surface area contributed by atoms with E-state index in [1.807, 2.05) is 0 Å². The summed E-state index contributed by atoms with van der Waals surface area (Å²) in [5.41, 5.74) is 3.07. The van der Waals surface area contributed by atoms with Crippen molar-refractivity contribution in [2.45, 2.75) is 37.1 Å². The van der Waals surface area contributed by atoms with Crippen LogP contribution in [0.1, 0.15) is 42.2 Å². The van der Waals surface area contributed by atoms with Gasteiger partial charge in [-0.15, -0.1) is 0 Å². The third-order valence-electron chi connectivity index (χ3n) is 3.57. The van der Waals surface area contributed by atoms with Crippen LogP contribution in [0.5, 0.6) is 0 Å². The minimum absolute atomic E-state index is 0.738. The van der Waals surface area contributed by atoms with Crippen LogP contribution in [0, 0.1) is 0 Å². The van der Waals surface area contributed by atoms with Crippen LogP contribution < -0.4 is 5.32 Å². The average Bonchev–Trinajstić information content (AvgIpc) is 3.11. The summed E-state index contributed by atoms with van der Waals surface area (Å²) in [7, 11) is 2.06. The number of hydrogen-bond donors (Lipinski definition) is 1. The summed E-state index contributed by atoms with van der Waals surface area (Å²) in [4.78, 5) is 0. The van der Waals surface area contributed by atoms with Gasteiger partial charge in [0.25, 0.3) is 0 Å². The van der Waals surface area contributed by atoms with Gasteiger partial charge in [-0.3, -0.25) is 0 Å². The Bertz CT molecular complexity index is 324. The van der Waals surface area contributed by atoms with Crippen molar-refractivity contribution >= 4 is 0 Å². The molecule has 2 saturated carbocycles. The zero-order valence-electron chi connectivity index (χ0n) is 8.66. The fourth-order valence-electron chi connectivity index (χ4n) is 2.31. The molecule has 2 aliphatic carbocycles. The topological polar surface area (TPSA) is 12.0 Å². The lowest BCUT2D eigenvalue weighted by Gasteiger charge is -2.02. The van der Waals surface area contributed by atoms with E-state index in [-0.39, 0.29) is 0 Å². The van der Waals surface area contributed by atoms with E-state index >= 15 is 0 Å². The van der Waals surface area contributed by atoms with Gasteiger partial charge in [-0.25, -0.2) is 0 Å². The quantitative estimate of drug-likeness (QED) is 0.767. The second-order valence-corrected chi connectivity index (χ2v) is 4.68. The summed E-state index contributed by atoms with van der Waals surface area (Å²) in [6.07, 6.45) is 4.13. The Morgan fingerprint density at radius 2 is 1.71 bits per heavy atom. The molecule has 1 heteroatoms. The Balaban J connectivity index is 1.74. The van der Waals surface area contributed by atoms with Gasteiger partial charge in [0.05, 0.1) is 0 Å². The summed E-state index contributed by atoms with van der Waals surface area (Å²) in [6, 6.07) is 10.1. The van der Waals surface area contributed by atoms with Gasteiger partial charge in [0.1, 0.15) is 0 Å². The van der Waals surface area contributed by atoms with Crippen molar-refractivity contribution in [3.05, 3.63) is 35.4 Å². The highest BCUT2D eigenvalue weighted by molar-refractivity contribution is 5.33. The molecule has 2 atom stereocenters. The number of hydrogen-bond acceptors (Lipinski definition) is 1. The molecule has 0 heterocycles. The number of nitrogens with one attached hydrogen (secondary N) is 1. The Morgan fingerprint density at radius 1 is 1.07 bits per heavy atom. The van der Waals surface area contributed by atoms with Crippen LogP contribution in [0.25, 0.3) is 0 Å². The van der Waals surface area contributed by atoms with Gasteiger partial charge in [-0.2, -0.15) is 0 Å². The van der Waals surface area contributed by atoms with Crippen LogP contribution in [0.2, 0.25) is 0 Å². The van der Waals surface area contributed by atoms with Crippen molar-refractivity contribution in [3.63, 3.8) is 0 Å². The number of likely N-dealkylation sites (N-methyl/N-ethyl adjacent to an activating group) is 1. The highest BCUT2D eigenvalue weighted by Gasteiger charge is 2.36. The fraction of sp³-hybridized carbons (Fsp3) is 0.538. The van der Waals surface area contributed by atoms with Crippen molar-refractivity contribution < 1.29 is 0 Å². The van der Waals surface area contributed by atoms with Crippen molar-refractivity contribution in [2.24, 2.45) is 0 Å². The summed E-state index contributed by atoms with van der Waals surface area (Å²) in [5, 5.41) is 3.34. The summed E-state index contributed by atoms with van der Waals surface area (Å²) in [5.74, 6) is 1.68. The Labute approximate surface area is 85.5 Å². The highest BCUT2D eigenvalue weighted by atomic mass is 14.9. The Morgan fingerprint density at radius 3 is 2.21 bits per heavy atom. The molecule has 14 heavy (non-hydrogen) atoms. The molecule has 0 amide bonds. The molecule has 2 aliphatic rings. The second kappa shape index (κ2) is 3.09. The van der Waals surface area contributed by atoms with Crippen molar-refractivity contribution in [3.8, 4) is 0 Å². The zero-order valence-corrected chi connectivity index (χ0v) is 8.66. The van der Waals surface area contributed by atoms with E-state index < -0.39 is 0 Å². The summed E-state index contributed by atoms with van der Waals surface area (Å²) in [6.45, 7) is 0. The molecule has 0 aromatic heterocycles. The van der Waals surface area contributed by atoms with Crippen LogP contribution >= 0.6 is 0 Å². The van der Waals surface area contributed by atoms with Crippen molar-refractivity contribution in [1.82, 2.24) is 5.32 Å². The third-order valence-corrected chi connectivity index (χ3v) is 3.57. The van der Waals surface area contributed by atoms with E-state index in [1.54, 1.807) is 5.56 Å². The van der Waals surface area contributed by atoms with Crippen LogP contribution in [0.15, 0.2) is 24.3 Å². The van der Waals surface area contributed by atoms with E-state index in [0.717, 1.165) is 17.9 Å². The van der Waals surface area contributed by atoms with Crippen LogP contribution in [0.4, 0.5) is 0 Å². The number of rotatable bonds is 3. The first-order chi connectivity index (χ1) is 6.88. The van der Waals surface area contributed by atoms with Gasteiger partial charge in [0.15, 0.2) is 0 Å². The largest absolute Gasteiger partial charge is 0.316 e. The maximum atomic E-state index is 3.34. The van der Waals surface area contributed by atoms with Gasteiger partial charge in [0, 0.05) is 12.0 Å². The Kier molecular flexibility index (Phi) is 1.88. The molecule has 2 fully saturated rings. The molecule has 0 radical (unpaired) electrons. The Hall–Kier alpha value is -0.820. The van der Waals surface area contributed by atoms with E-state index in [1.165, 1.54) is 24.8 Å². The first kappa shape index (κ1) is 8.49. The zero-order chi connectivity index (χ0) is 9.54. The predicted octanol–water partition coefficient (Wildman–Crippen LogP) is 2.64. The maximum absolute atomic E-state index is 3.34. The van der Waals surface area contributed by atoms with Gasteiger partial charge >= 0.3 is 0 Å². The highest BCUT2D eigenvalue weighted by Crippen LogP contribution is 2.43. The number of benzene rings is 1. The molecule has 3 rings (SSSR count). The first-order valence-electron chi connectivity index (χ1n) is 5.65. The second-order valence-electron chi connectivity index (χ2n) is 4.68. The molecular weight excluding hydrogens is 170 g/mol.